The predicted octanol–water partition coefficient (Wildman–Crippen LogP) is 15.6. The maximum Gasteiger partial charge on any atom is 0.164 e. The van der Waals surface area contributed by atoms with Gasteiger partial charge in [-0.3, -0.25) is 9.78 Å². The van der Waals surface area contributed by atoms with Crippen LogP contribution in [0.5, 0.6) is 0 Å². The van der Waals surface area contributed by atoms with Crippen molar-refractivity contribution < 1.29 is 30.0 Å². The van der Waals surface area contributed by atoms with Gasteiger partial charge in [-0.05, 0) is 91.5 Å². The molecule has 0 unspecified atom stereocenters. The molecule has 6 aromatic rings. The largest absolute Gasteiger partial charge is 0.512 e. The molecule has 3 heterocycles. The number of benzene rings is 3. The van der Waals surface area contributed by atoms with E-state index in [-0.39, 0.29) is 47.9 Å². The van der Waals surface area contributed by atoms with Crippen LogP contribution in [0.2, 0.25) is 0 Å². The molecule has 0 saturated heterocycles. The summed E-state index contributed by atoms with van der Waals surface area (Å²) in [6.45, 7) is 28.0. The second kappa shape index (κ2) is 18.2. The van der Waals surface area contributed by atoms with E-state index in [1.807, 2.05) is 52.9 Å². The molecule has 0 spiro atoms. The van der Waals surface area contributed by atoms with E-state index < -0.39 is 0 Å². The van der Waals surface area contributed by atoms with Gasteiger partial charge in [0.25, 0.3) is 0 Å². The molecule has 0 saturated carbocycles. The molecule has 0 aliphatic heterocycles. The number of allylic oxidation sites excluding steroid dienone is 2. The second-order valence-corrected chi connectivity index (χ2v) is 19.9. The van der Waals surface area contributed by atoms with E-state index in [0.717, 1.165) is 53.6 Å². The summed E-state index contributed by atoms with van der Waals surface area (Å²) in [6.07, 6.45) is 5.89. The molecule has 56 heavy (non-hydrogen) atoms. The van der Waals surface area contributed by atoms with E-state index in [9.17, 15) is 9.90 Å². The van der Waals surface area contributed by atoms with Crippen LogP contribution in [0.3, 0.4) is 0 Å². The summed E-state index contributed by atoms with van der Waals surface area (Å²) in [4.78, 5) is 21.2. The summed E-state index contributed by atoms with van der Waals surface area (Å²) in [6, 6.07) is 26.3. The third kappa shape index (κ3) is 9.58. The summed E-state index contributed by atoms with van der Waals surface area (Å²) < 4.78 is 1.38. The molecule has 6 heteroatoms. The molecular weight excluding hydrogens is 903 g/mol. The first-order valence-electron chi connectivity index (χ1n) is 20.2. The summed E-state index contributed by atoms with van der Waals surface area (Å²) >= 11 is 3.71. The Morgan fingerprint density at radius 3 is 2.07 bits per heavy atom. The smallest absolute Gasteiger partial charge is 0.164 e. The Labute approximate surface area is 358 Å². The first-order valence-corrected chi connectivity index (χ1v) is 21.9. The topological polar surface area (TPSA) is 50.2 Å². The quantitative estimate of drug-likeness (QED) is 0.0800. The summed E-state index contributed by atoms with van der Waals surface area (Å²) in [5.41, 5.74) is 6.84. The maximum absolute atomic E-state index is 12.2. The van der Waals surface area contributed by atoms with Gasteiger partial charge >= 0.3 is 0 Å². The molecule has 0 fully saturated rings. The number of carbonyl (C=O) groups is 1. The van der Waals surface area contributed by atoms with Crippen molar-refractivity contribution in [2.24, 2.45) is 16.7 Å². The van der Waals surface area contributed by atoms with Crippen LogP contribution in [0.4, 0.5) is 0 Å². The molecule has 0 bridgehead atoms. The third-order valence-electron chi connectivity index (χ3n) is 12.0. The number of thiophene rings is 2. The molecule has 0 aliphatic carbocycles. The first-order chi connectivity index (χ1) is 25.9. The van der Waals surface area contributed by atoms with Gasteiger partial charge in [0.2, 0.25) is 0 Å². The number of aryl methyl sites for hydroxylation is 2. The zero-order valence-corrected chi connectivity index (χ0v) is 39.9. The molecule has 3 aromatic carbocycles. The van der Waals surface area contributed by atoms with Crippen molar-refractivity contribution in [3.8, 4) is 22.4 Å². The number of hydrogen-bond donors (Lipinski definition) is 1. The molecule has 0 amide bonds. The van der Waals surface area contributed by atoms with Crippen LogP contribution in [-0.4, -0.2) is 15.9 Å². The molecule has 0 aliphatic rings. The zero-order chi connectivity index (χ0) is 40.5. The van der Waals surface area contributed by atoms with E-state index in [2.05, 4.69) is 115 Å². The van der Waals surface area contributed by atoms with Crippen LogP contribution < -0.4 is 0 Å². The number of carbonyl (C=O) groups excluding carboxylic acids is 1. The van der Waals surface area contributed by atoms with Crippen molar-refractivity contribution in [3.05, 3.63) is 99.4 Å². The van der Waals surface area contributed by atoms with E-state index in [0.29, 0.717) is 5.92 Å². The van der Waals surface area contributed by atoms with Crippen LogP contribution in [0.15, 0.2) is 72.5 Å². The molecule has 3 nitrogen and oxygen atoms in total. The summed E-state index contributed by atoms with van der Waals surface area (Å²) in [5, 5.41) is 15.2. The fourth-order valence-electron chi connectivity index (χ4n) is 7.28. The fourth-order valence-corrected chi connectivity index (χ4v) is 9.32. The van der Waals surface area contributed by atoms with E-state index in [1.165, 1.54) is 58.9 Å². The van der Waals surface area contributed by atoms with Crippen LogP contribution >= 0.6 is 22.7 Å². The molecule has 6 rings (SSSR count). The fraction of sp³-hybridized carbons (Fsp3) is 0.440. The number of ketones is 1. The van der Waals surface area contributed by atoms with Crippen molar-refractivity contribution in [1.29, 1.82) is 0 Å². The number of fused-ring (bicyclic) bond motifs is 3. The van der Waals surface area contributed by atoms with Gasteiger partial charge in [-0.15, -0.1) is 51.8 Å². The maximum atomic E-state index is 12.2. The van der Waals surface area contributed by atoms with Crippen LogP contribution in [-0.2, 0) is 36.7 Å². The minimum atomic E-state index is -0.337. The molecule has 0 atom stereocenters. The van der Waals surface area contributed by atoms with Crippen molar-refractivity contribution in [2.75, 3.05) is 0 Å². The van der Waals surface area contributed by atoms with Gasteiger partial charge in [0, 0.05) is 62.5 Å². The Bertz CT molecular complexity index is 2340. The first kappa shape index (κ1) is 45.6. The Morgan fingerprint density at radius 1 is 0.821 bits per heavy atom. The third-order valence-corrected chi connectivity index (χ3v) is 14.1. The Hall–Kier alpha value is -3.15. The molecule has 1 N–H and O–H groups in total. The zero-order valence-electron chi connectivity index (χ0n) is 35.9. The average molecular weight is 965 g/mol. The van der Waals surface area contributed by atoms with Gasteiger partial charge in [-0.1, -0.05) is 124 Å². The minimum absolute atomic E-state index is 0. The van der Waals surface area contributed by atoms with Crippen LogP contribution in [0.25, 0.3) is 53.5 Å². The Kier molecular flexibility index (Phi) is 14.8. The molecular formula is C50H62IrNO2S2-. The van der Waals surface area contributed by atoms with Crippen molar-refractivity contribution in [2.45, 2.75) is 128 Å². The second-order valence-electron chi connectivity index (χ2n) is 17.4. The number of nitrogens with zero attached hydrogens (tertiary/aromatic N) is 1. The summed E-state index contributed by atoms with van der Waals surface area (Å²) in [7, 11) is 0. The molecule has 301 valence electrons. The van der Waals surface area contributed by atoms with Gasteiger partial charge in [0.05, 0.1) is 0 Å². The molecule has 3 aromatic heterocycles. The summed E-state index contributed by atoms with van der Waals surface area (Å²) in [5.74, 6) is 0.937. The van der Waals surface area contributed by atoms with Gasteiger partial charge in [-0.2, -0.15) is 0 Å². The molecule has 1 radical (unpaired) electrons. The van der Waals surface area contributed by atoms with Crippen molar-refractivity contribution >= 4 is 59.5 Å². The SMILES string of the molecule is CCC(C)(CC)C(=O)/C=C(\O)C(C)(CC)CC.Cc1cc2c(-c3ccc4c(CC(C)C)c(C)sc4c3)cc(-c3[c-]c4ccccc4c(C(C)(C)C)c3)nc2s1.[Ir]. The van der Waals surface area contributed by atoms with Crippen LogP contribution in [0, 0.1) is 36.7 Å². The van der Waals surface area contributed by atoms with Gasteiger partial charge in [0.15, 0.2) is 5.78 Å². The number of aliphatic hydroxyl groups excluding tert-OH is 1. The van der Waals surface area contributed by atoms with Gasteiger partial charge in [0.1, 0.15) is 10.6 Å². The standard InChI is InChI=1S/C35H34NS2.C15H28O2.Ir/c1-20(2)14-28-22(4)38-33-18-24(12-13-27(28)33)29-19-32(36-34-30(29)15-21(3)37-34)25-16-23-10-8-9-11-26(23)31(17-25)35(5,6)7;1-7-14(5,8-2)12(16)11-13(17)15(6,9-3)10-4;/h8-13,15,17-20H,14H2,1-7H3;11,16H,7-10H2,1-6H3;/q-1;;/b;12-11-;. The number of aromatic nitrogens is 1. The number of rotatable bonds is 11. The Balaban J connectivity index is 0.000000330. The van der Waals surface area contributed by atoms with Gasteiger partial charge < -0.3 is 5.11 Å². The normalized spacial score (nSPS) is 12.6. The van der Waals surface area contributed by atoms with E-state index in [4.69, 9.17) is 4.98 Å². The van der Waals surface area contributed by atoms with Gasteiger partial charge in [-0.25, -0.2) is 0 Å². The Morgan fingerprint density at radius 2 is 1.46 bits per heavy atom. The monoisotopic (exact) mass is 965 g/mol. The average Bonchev–Trinajstić information content (AvgIpc) is 3.69. The van der Waals surface area contributed by atoms with E-state index >= 15 is 0 Å². The van der Waals surface area contributed by atoms with Crippen molar-refractivity contribution in [1.82, 2.24) is 4.98 Å². The van der Waals surface area contributed by atoms with Crippen LogP contribution in [0.1, 0.15) is 123 Å². The van der Waals surface area contributed by atoms with E-state index in [1.54, 1.807) is 11.3 Å². The number of pyridine rings is 1. The predicted molar refractivity (Wildman–Crippen MR) is 242 cm³/mol. The minimum Gasteiger partial charge on any atom is -0.512 e. The number of hydrogen-bond acceptors (Lipinski definition) is 5. The number of aliphatic hydroxyl groups is 1. The van der Waals surface area contributed by atoms with Crippen molar-refractivity contribution in [3.63, 3.8) is 0 Å².